The van der Waals surface area contributed by atoms with Crippen LogP contribution >= 0.6 is 11.8 Å². The second-order valence-electron chi connectivity index (χ2n) is 3.13. The van der Waals surface area contributed by atoms with Gasteiger partial charge in [0.25, 0.3) is 0 Å². The Morgan fingerprint density at radius 3 is 2.82 bits per heavy atom. The first kappa shape index (κ1) is 11.5. The lowest BCUT2D eigenvalue weighted by Crippen LogP contribution is -2.39. The van der Waals surface area contributed by atoms with Crippen molar-refractivity contribution in [2.45, 2.75) is 5.16 Å². The van der Waals surface area contributed by atoms with Gasteiger partial charge in [-0.3, -0.25) is 9.32 Å². The van der Waals surface area contributed by atoms with Crippen molar-refractivity contribution >= 4 is 17.5 Å². The molecule has 0 aliphatic heterocycles. The summed E-state index contributed by atoms with van der Waals surface area (Å²) < 4.78 is 5.74. The van der Waals surface area contributed by atoms with Gasteiger partial charge in [-0.2, -0.15) is 0 Å². The predicted octanol–water partition coefficient (Wildman–Crippen LogP) is -0.443. The first-order chi connectivity index (χ1) is 8.18. The van der Waals surface area contributed by atoms with Crippen LogP contribution in [0.5, 0.6) is 0 Å². The summed E-state index contributed by atoms with van der Waals surface area (Å²) in [6.07, 6.45) is 3.18. The lowest BCUT2D eigenvalue weighted by molar-refractivity contribution is -0.741. The number of hydrogen-bond acceptors (Lipinski definition) is 6. The predicted molar refractivity (Wildman–Crippen MR) is 57.6 cm³/mol. The number of rotatable bonds is 4. The highest BCUT2D eigenvalue weighted by molar-refractivity contribution is 7.99. The maximum Gasteiger partial charge on any atom is 0.438 e. The Bertz CT molecular complexity index is 577. The van der Waals surface area contributed by atoms with E-state index < -0.39 is 5.63 Å². The molecule has 0 amide bonds. The molecule has 8 heteroatoms. The van der Waals surface area contributed by atoms with E-state index >= 15 is 0 Å². The molecule has 7 nitrogen and oxygen atoms in total. The molecule has 1 N–H and O–H groups in total. The zero-order valence-corrected chi connectivity index (χ0v) is 9.73. The number of Topliss-reactive ketones (excluding diaryl/α,β-unsaturated/α-hetero) is 1. The molecule has 0 saturated heterocycles. The van der Waals surface area contributed by atoms with Gasteiger partial charge in [0.2, 0.25) is 5.78 Å². The summed E-state index contributed by atoms with van der Waals surface area (Å²) in [6.45, 7) is 0. The number of nitrogens with zero attached hydrogens (tertiary/aromatic N) is 3. The summed E-state index contributed by atoms with van der Waals surface area (Å²) in [5.74, 6) is -0.250. The lowest BCUT2D eigenvalue weighted by atomic mass is 10.3. The van der Waals surface area contributed by atoms with Gasteiger partial charge in [-0.25, -0.2) is 14.8 Å². The van der Waals surface area contributed by atoms with E-state index in [4.69, 9.17) is 0 Å². The molecule has 0 fully saturated rings. The van der Waals surface area contributed by atoms with E-state index in [0.717, 1.165) is 11.8 Å². The summed E-state index contributed by atoms with van der Waals surface area (Å²) in [5, 5.41) is 2.77. The molecule has 0 unspecified atom stereocenters. The van der Waals surface area contributed by atoms with E-state index in [1.807, 2.05) is 0 Å². The minimum atomic E-state index is -0.674. The van der Waals surface area contributed by atoms with Crippen molar-refractivity contribution in [1.82, 2.24) is 15.2 Å². The average Bonchev–Trinajstić information content (AvgIpc) is 2.67. The Morgan fingerprint density at radius 1 is 1.53 bits per heavy atom. The third-order valence-electron chi connectivity index (χ3n) is 1.94. The number of hydrogen-bond donors (Lipinski definition) is 1. The highest BCUT2D eigenvalue weighted by Crippen LogP contribution is 2.11. The molecule has 0 saturated carbocycles. The molecule has 2 rings (SSSR count). The summed E-state index contributed by atoms with van der Waals surface area (Å²) >= 11 is 1.16. The number of ketones is 1. The van der Waals surface area contributed by atoms with Crippen LogP contribution in [0.4, 0.5) is 0 Å². The van der Waals surface area contributed by atoms with Crippen LogP contribution in [-0.2, 0) is 7.05 Å². The van der Waals surface area contributed by atoms with Crippen molar-refractivity contribution < 1.29 is 14.0 Å². The number of nitrogens with one attached hydrogen (secondary N) is 1. The van der Waals surface area contributed by atoms with Gasteiger partial charge in [-0.15, -0.1) is 0 Å². The van der Waals surface area contributed by atoms with Gasteiger partial charge in [-0.05, 0) is 11.3 Å². The zero-order valence-electron chi connectivity index (χ0n) is 8.91. The molecule has 0 aliphatic carbocycles. The Balaban J connectivity index is 2.06. The smallest absolute Gasteiger partial charge is 0.286 e. The highest BCUT2D eigenvalue weighted by atomic mass is 32.2. The molecular weight excluding hydrogens is 244 g/mol. The summed E-state index contributed by atoms with van der Waals surface area (Å²) in [4.78, 5) is 30.9. The van der Waals surface area contributed by atoms with Crippen LogP contribution in [0, 0.1) is 0 Å². The van der Waals surface area contributed by atoms with Crippen LogP contribution < -0.4 is 10.3 Å². The fraction of sp³-hybridized carbons (Fsp3) is 0.222. The molecule has 17 heavy (non-hydrogen) atoms. The van der Waals surface area contributed by atoms with Crippen LogP contribution in [0.2, 0.25) is 0 Å². The molecule has 88 valence electrons. The van der Waals surface area contributed by atoms with Crippen molar-refractivity contribution in [3.05, 3.63) is 34.6 Å². The molecule has 2 aromatic heterocycles. The fourth-order valence-electron chi connectivity index (χ4n) is 1.20. The minimum Gasteiger partial charge on any atom is -0.286 e. The number of aromatic amines is 1. The third-order valence-corrected chi connectivity index (χ3v) is 2.82. The molecule has 2 heterocycles. The highest BCUT2D eigenvalue weighted by Gasteiger charge is 2.26. The maximum absolute atomic E-state index is 11.7. The van der Waals surface area contributed by atoms with Gasteiger partial charge in [-0.1, -0.05) is 16.4 Å². The number of carbonyl (C=O) groups excluding carboxylic acids is 1. The van der Waals surface area contributed by atoms with Gasteiger partial charge in [0.1, 0.15) is 0 Å². The molecule has 2 aromatic rings. The fourth-order valence-corrected chi connectivity index (χ4v) is 1.87. The van der Waals surface area contributed by atoms with Gasteiger partial charge in [0.15, 0.2) is 12.2 Å². The molecule has 0 spiro atoms. The van der Waals surface area contributed by atoms with E-state index in [0.29, 0.717) is 5.16 Å². The van der Waals surface area contributed by atoms with Crippen LogP contribution in [0.3, 0.4) is 0 Å². The Morgan fingerprint density at radius 2 is 2.24 bits per heavy atom. The normalized spacial score (nSPS) is 10.4. The van der Waals surface area contributed by atoms with Gasteiger partial charge >= 0.3 is 11.3 Å². The summed E-state index contributed by atoms with van der Waals surface area (Å²) in [7, 11) is 1.53. The van der Waals surface area contributed by atoms with Crippen molar-refractivity contribution in [3.8, 4) is 0 Å². The van der Waals surface area contributed by atoms with E-state index in [1.165, 1.54) is 11.7 Å². The van der Waals surface area contributed by atoms with E-state index in [2.05, 4.69) is 19.8 Å². The molecular formula is C9H9N4O3S+. The number of aryl methyl sites for hydroxylation is 1. The average molecular weight is 253 g/mol. The third kappa shape index (κ3) is 2.59. The Kier molecular flexibility index (Phi) is 3.33. The topological polar surface area (TPSA) is 92.7 Å². The van der Waals surface area contributed by atoms with Crippen molar-refractivity contribution in [2.75, 3.05) is 5.75 Å². The van der Waals surface area contributed by atoms with Gasteiger partial charge in [0, 0.05) is 12.4 Å². The van der Waals surface area contributed by atoms with Crippen LogP contribution in [0.1, 0.15) is 10.5 Å². The number of carbonyl (C=O) groups is 1. The molecule has 0 atom stereocenters. The monoisotopic (exact) mass is 253 g/mol. The van der Waals surface area contributed by atoms with Crippen LogP contribution in [0.25, 0.3) is 0 Å². The molecule has 0 aromatic carbocycles. The van der Waals surface area contributed by atoms with Crippen molar-refractivity contribution in [1.29, 1.82) is 0 Å². The number of aromatic nitrogens is 4. The first-order valence-electron chi connectivity index (χ1n) is 4.69. The number of thioether (sulfide) groups is 1. The summed E-state index contributed by atoms with van der Waals surface area (Å²) in [5.41, 5.74) is -0.694. The second kappa shape index (κ2) is 4.91. The largest absolute Gasteiger partial charge is 0.438 e. The first-order valence-corrected chi connectivity index (χ1v) is 5.67. The van der Waals surface area contributed by atoms with Crippen LogP contribution in [-0.4, -0.2) is 26.8 Å². The van der Waals surface area contributed by atoms with Crippen molar-refractivity contribution in [3.63, 3.8) is 0 Å². The quantitative estimate of drug-likeness (QED) is 0.343. The summed E-state index contributed by atoms with van der Waals surface area (Å²) in [6, 6.07) is 1.69. The van der Waals surface area contributed by atoms with E-state index in [9.17, 15) is 9.59 Å². The van der Waals surface area contributed by atoms with Gasteiger partial charge in [0.05, 0.1) is 5.75 Å². The molecule has 0 bridgehead atoms. The molecule has 0 radical (unpaired) electrons. The van der Waals surface area contributed by atoms with E-state index in [-0.39, 0.29) is 17.2 Å². The minimum absolute atomic E-state index is 0.0200. The maximum atomic E-state index is 11.7. The molecule has 0 aliphatic rings. The Labute approximate surface area is 99.8 Å². The Hall–Kier alpha value is -1.96. The van der Waals surface area contributed by atoms with Crippen molar-refractivity contribution in [2.24, 2.45) is 7.05 Å². The zero-order chi connectivity index (χ0) is 12.3. The van der Waals surface area contributed by atoms with Gasteiger partial charge < -0.3 is 0 Å². The number of H-pyrrole nitrogens is 1. The second-order valence-corrected chi connectivity index (χ2v) is 4.07. The standard InChI is InChI=1S/C9H8N4O3S/c1-13-7(8(15)16-12-13)6(14)5-17-9-10-3-2-4-11-9/h2-4H,5H2,1H3/p+1. The van der Waals surface area contributed by atoms with Crippen LogP contribution in [0.15, 0.2) is 32.9 Å². The SMILES string of the molecule is C[n+]1[nH]oc(=O)c1C(=O)CSc1ncccn1. The lowest BCUT2D eigenvalue weighted by Gasteiger charge is -1.94. The van der Waals surface area contributed by atoms with E-state index in [1.54, 1.807) is 18.5 Å².